The predicted octanol–water partition coefficient (Wildman–Crippen LogP) is 0.208. The number of hydrogen-bond donors (Lipinski definition) is 1. The van der Waals surface area contributed by atoms with Crippen molar-refractivity contribution in [3.8, 4) is 0 Å². The highest BCUT2D eigenvalue weighted by Gasteiger charge is 2.15. The van der Waals surface area contributed by atoms with Gasteiger partial charge in [-0.05, 0) is 6.42 Å². The summed E-state index contributed by atoms with van der Waals surface area (Å²) in [5.41, 5.74) is -0.0548. The summed E-state index contributed by atoms with van der Waals surface area (Å²) >= 11 is 5.50. The third-order valence-corrected chi connectivity index (χ3v) is 2.43. The Morgan fingerprint density at radius 3 is 2.71 bits per heavy atom. The van der Waals surface area contributed by atoms with Crippen molar-refractivity contribution in [2.24, 2.45) is 0 Å². The van der Waals surface area contributed by atoms with Crippen molar-refractivity contribution in [1.82, 2.24) is 4.72 Å². The largest absolute Gasteiger partial charge is 0.243 e. The molecule has 0 bridgehead atoms. The Labute approximate surface area is 49.8 Å². The molecule has 0 saturated carbocycles. The average molecular weight is 140 g/mol. The standard InChI is InChI=1S/C3H6ClNOS/c4-3-1-2-7(6)5-3/h3,5H,1-2H2. The van der Waals surface area contributed by atoms with Crippen LogP contribution in [-0.2, 0) is 11.0 Å². The number of hydrogen-bond acceptors (Lipinski definition) is 1. The first-order chi connectivity index (χ1) is 3.29. The van der Waals surface area contributed by atoms with Crippen molar-refractivity contribution in [2.45, 2.75) is 11.9 Å². The van der Waals surface area contributed by atoms with Gasteiger partial charge in [0.15, 0.2) is 0 Å². The van der Waals surface area contributed by atoms with Crippen molar-refractivity contribution < 1.29 is 4.21 Å². The summed E-state index contributed by atoms with van der Waals surface area (Å²) in [6.07, 6.45) is 0.828. The first-order valence-corrected chi connectivity index (χ1v) is 3.83. The van der Waals surface area contributed by atoms with Gasteiger partial charge in [0.05, 0.1) is 16.5 Å². The minimum atomic E-state index is -0.835. The molecule has 0 aromatic heterocycles. The molecule has 1 aliphatic rings. The Morgan fingerprint density at radius 2 is 2.57 bits per heavy atom. The second kappa shape index (κ2) is 2.11. The van der Waals surface area contributed by atoms with E-state index in [1.165, 1.54) is 0 Å². The fraction of sp³-hybridized carbons (Fsp3) is 1.00. The molecule has 2 atom stereocenters. The van der Waals surface area contributed by atoms with Crippen molar-refractivity contribution in [3.63, 3.8) is 0 Å². The highest BCUT2D eigenvalue weighted by atomic mass is 35.5. The Hall–Kier alpha value is 0.400. The molecule has 2 nitrogen and oxygen atoms in total. The fourth-order valence-corrected chi connectivity index (χ4v) is 1.98. The molecule has 1 fully saturated rings. The lowest BCUT2D eigenvalue weighted by Gasteiger charge is -1.90. The zero-order valence-electron chi connectivity index (χ0n) is 3.69. The van der Waals surface area contributed by atoms with Gasteiger partial charge in [0.1, 0.15) is 0 Å². The zero-order valence-corrected chi connectivity index (χ0v) is 5.26. The van der Waals surface area contributed by atoms with E-state index in [0.29, 0.717) is 5.75 Å². The van der Waals surface area contributed by atoms with E-state index in [1.54, 1.807) is 0 Å². The van der Waals surface area contributed by atoms with Gasteiger partial charge in [-0.2, -0.15) is 0 Å². The zero-order chi connectivity index (χ0) is 5.28. The molecule has 42 valence electrons. The van der Waals surface area contributed by atoms with Crippen molar-refractivity contribution in [3.05, 3.63) is 0 Å². The summed E-state index contributed by atoms with van der Waals surface area (Å²) in [6.45, 7) is 0. The molecule has 1 aliphatic heterocycles. The monoisotopic (exact) mass is 139 g/mol. The van der Waals surface area contributed by atoms with Gasteiger partial charge in [-0.1, -0.05) is 0 Å². The Morgan fingerprint density at radius 1 is 1.86 bits per heavy atom. The molecule has 0 aliphatic carbocycles. The van der Waals surface area contributed by atoms with Crippen LogP contribution in [0.4, 0.5) is 0 Å². The van der Waals surface area contributed by atoms with Crippen LogP contribution in [0.2, 0.25) is 0 Å². The summed E-state index contributed by atoms with van der Waals surface area (Å²) in [5.74, 6) is 0.703. The molecule has 1 rings (SSSR count). The van der Waals surface area contributed by atoms with Crippen LogP contribution in [0, 0.1) is 0 Å². The fourth-order valence-electron chi connectivity index (χ4n) is 0.471. The number of halogens is 1. The second-order valence-corrected chi connectivity index (χ2v) is 3.29. The molecule has 0 spiro atoms. The lowest BCUT2D eigenvalue weighted by atomic mass is 10.5. The minimum Gasteiger partial charge on any atom is -0.243 e. The van der Waals surface area contributed by atoms with Gasteiger partial charge >= 0.3 is 0 Å². The number of rotatable bonds is 0. The number of alkyl halides is 1. The second-order valence-electron chi connectivity index (χ2n) is 1.42. The van der Waals surface area contributed by atoms with Crippen molar-refractivity contribution in [1.29, 1.82) is 0 Å². The summed E-state index contributed by atoms with van der Waals surface area (Å²) in [7, 11) is -0.835. The normalized spacial score (nSPS) is 41.9. The van der Waals surface area contributed by atoms with E-state index in [4.69, 9.17) is 11.6 Å². The van der Waals surface area contributed by atoms with E-state index in [9.17, 15) is 4.21 Å². The quantitative estimate of drug-likeness (QED) is 0.377. The van der Waals surface area contributed by atoms with Crippen LogP contribution in [0.5, 0.6) is 0 Å². The van der Waals surface area contributed by atoms with Gasteiger partial charge in [-0.3, -0.25) is 0 Å². The van der Waals surface area contributed by atoms with Gasteiger partial charge in [-0.15, -0.1) is 11.6 Å². The first-order valence-electron chi connectivity index (χ1n) is 2.07. The van der Waals surface area contributed by atoms with Crippen LogP contribution >= 0.6 is 11.6 Å². The summed E-state index contributed by atoms with van der Waals surface area (Å²) in [4.78, 5) is 0. The van der Waals surface area contributed by atoms with Crippen LogP contribution < -0.4 is 4.72 Å². The molecule has 0 radical (unpaired) electrons. The van der Waals surface area contributed by atoms with E-state index in [2.05, 4.69) is 4.72 Å². The van der Waals surface area contributed by atoms with E-state index < -0.39 is 11.0 Å². The van der Waals surface area contributed by atoms with E-state index in [1.807, 2.05) is 0 Å². The highest BCUT2D eigenvalue weighted by Crippen LogP contribution is 2.06. The van der Waals surface area contributed by atoms with Crippen LogP contribution in [-0.4, -0.2) is 15.5 Å². The molecule has 0 aromatic carbocycles. The lowest BCUT2D eigenvalue weighted by Crippen LogP contribution is -2.14. The topological polar surface area (TPSA) is 29.1 Å². The summed E-state index contributed by atoms with van der Waals surface area (Å²) in [6, 6.07) is 0. The third kappa shape index (κ3) is 1.40. The third-order valence-electron chi connectivity index (χ3n) is 0.816. The smallest absolute Gasteiger partial charge is 0.0947 e. The van der Waals surface area contributed by atoms with Gasteiger partial charge in [0, 0.05) is 5.75 Å². The van der Waals surface area contributed by atoms with Crippen molar-refractivity contribution in [2.75, 3.05) is 5.75 Å². The van der Waals surface area contributed by atoms with Crippen LogP contribution in [0.1, 0.15) is 6.42 Å². The van der Waals surface area contributed by atoms with E-state index in [-0.39, 0.29) is 5.50 Å². The number of nitrogens with one attached hydrogen (secondary N) is 1. The average Bonchev–Trinajstić information content (AvgIpc) is 1.87. The van der Waals surface area contributed by atoms with Gasteiger partial charge in [-0.25, -0.2) is 8.93 Å². The molecule has 2 unspecified atom stereocenters. The van der Waals surface area contributed by atoms with Crippen LogP contribution in [0.25, 0.3) is 0 Å². The molecule has 0 amide bonds. The van der Waals surface area contributed by atoms with Crippen molar-refractivity contribution >= 4 is 22.6 Å². The summed E-state index contributed by atoms with van der Waals surface area (Å²) in [5, 5.41) is 0. The lowest BCUT2D eigenvalue weighted by molar-refractivity contribution is 0.680. The van der Waals surface area contributed by atoms with Gasteiger partial charge in [0.25, 0.3) is 0 Å². The molecule has 4 heteroatoms. The minimum absolute atomic E-state index is 0.0548. The van der Waals surface area contributed by atoms with E-state index >= 15 is 0 Å². The first kappa shape index (κ1) is 5.54. The molecule has 1 heterocycles. The molecule has 1 saturated heterocycles. The Kier molecular flexibility index (Phi) is 1.67. The maximum absolute atomic E-state index is 10.4. The maximum Gasteiger partial charge on any atom is 0.0947 e. The Balaban J connectivity index is 2.40. The maximum atomic E-state index is 10.4. The molecule has 0 aromatic rings. The molecular formula is C3H6ClNOS. The molecular weight excluding hydrogens is 134 g/mol. The van der Waals surface area contributed by atoms with Gasteiger partial charge < -0.3 is 0 Å². The van der Waals surface area contributed by atoms with E-state index in [0.717, 1.165) is 6.42 Å². The molecule has 1 N–H and O–H groups in total. The van der Waals surface area contributed by atoms with Crippen LogP contribution in [0.15, 0.2) is 0 Å². The highest BCUT2D eigenvalue weighted by molar-refractivity contribution is 7.83. The summed E-state index contributed by atoms with van der Waals surface area (Å²) < 4.78 is 13.0. The predicted molar refractivity (Wildman–Crippen MR) is 30.4 cm³/mol. The van der Waals surface area contributed by atoms with Crippen LogP contribution in [0.3, 0.4) is 0 Å². The SMILES string of the molecule is O=S1CCC(Cl)N1. The van der Waals surface area contributed by atoms with Gasteiger partial charge in [0.2, 0.25) is 0 Å². The molecule has 7 heavy (non-hydrogen) atoms. The Bertz CT molecular complexity index is 96.9.